The van der Waals surface area contributed by atoms with Crippen LogP contribution in [0, 0.1) is 6.92 Å². The molecule has 1 aromatic heterocycles. The maximum Gasteiger partial charge on any atom is 0.508 e. The third-order valence-electron chi connectivity index (χ3n) is 5.14. The van der Waals surface area contributed by atoms with Gasteiger partial charge in [-0.1, -0.05) is 12.1 Å². The molecule has 1 aliphatic rings. The average Bonchev–Trinajstić information content (AvgIpc) is 3.12. The molecule has 4 N–H and O–H groups in total. The molecule has 0 unspecified atom stereocenters. The van der Waals surface area contributed by atoms with Crippen LogP contribution in [0.3, 0.4) is 0 Å². The normalized spacial score (nSPS) is 25.0. The summed E-state index contributed by atoms with van der Waals surface area (Å²) in [6.45, 7) is 5.33. The Balaban J connectivity index is 1.71. The molecule has 2 aromatic rings. The van der Waals surface area contributed by atoms with Crippen LogP contribution < -0.4 is 9.47 Å². The average molecular weight is 466 g/mol. The van der Waals surface area contributed by atoms with Gasteiger partial charge in [0.15, 0.2) is 0 Å². The van der Waals surface area contributed by atoms with E-state index >= 15 is 0 Å². The summed E-state index contributed by atoms with van der Waals surface area (Å²) < 4.78 is 26.2. The van der Waals surface area contributed by atoms with Crippen LogP contribution in [0.5, 0.6) is 11.6 Å². The van der Waals surface area contributed by atoms with Gasteiger partial charge >= 0.3 is 6.16 Å². The number of H-pyrrole nitrogens is 1. The van der Waals surface area contributed by atoms with E-state index in [1.165, 1.54) is 0 Å². The molecule has 0 spiro atoms. The van der Waals surface area contributed by atoms with E-state index in [0.29, 0.717) is 6.42 Å². The number of rotatable bonds is 8. The molecular formula is C22H30N2O9. The van der Waals surface area contributed by atoms with E-state index in [-0.39, 0.29) is 12.0 Å². The van der Waals surface area contributed by atoms with Crippen molar-refractivity contribution in [1.82, 2.24) is 10.2 Å². The highest BCUT2D eigenvalue weighted by Crippen LogP contribution is 2.28. The Morgan fingerprint density at radius 1 is 1.15 bits per heavy atom. The highest BCUT2D eigenvalue weighted by Gasteiger charge is 2.46. The number of carbonyl (C=O) groups excluding carboxylic acids is 1. The molecule has 182 valence electrons. The Bertz CT molecular complexity index is 915. The van der Waals surface area contributed by atoms with Gasteiger partial charge in [-0.2, -0.15) is 0 Å². The van der Waals surface area contributed by atoms with E-state index < -0.39 is 43.5 Å². The summed E-state index contributed by atoms with van der Waals surface area (Å²) in [6, 6.07) is 7.62. The Morgan fingerprint density at radius 2 is 1.85 bits per heavy atom. The number of aromatic amines is 1. The van der Waals surface area contributed by atoms with E-state index in [1.54, 1.807) is 0 Å². The van der Waals surface area contributed by atoms with E-state index in [4.69, 9.17) is 18.9 Å². The second-order valence-corrected chi connectivity index (χ2v) is 8.02. The van der Waals surface area contributed by atoms with Crippen LogP contribution in [0.1, 0.15) is 30.7 Å². The van der Waals surface area contributed by atoms with Crippen LogP contribution in [-0.2, 0) is 20.6 Å². The fourth-order valence-corrected chi connectivity index (χ4v) is 3.37. The molecule has 1 aromatic carbocycles. The minimum absolute atomic E-state index is 0.0737. The standard InChI is InChI=1S/C22H30N2O9/c1-11(2)31-14-7-5-13(6-8-14)9-15-12(3)23-24-20(15)33-21-19(27)18(26)17(25)16(32-21)10-30-22(28)29-4/h5-8,11,16-19,21,25-27H,9-10H2,1-4H3,(H,23,24)/t16-,17-,18+,19-,21+/m1/s1. The smallest absolute Gasteiger partial charge is 0.491 e. The summed E-state index contributed by atoms with van der Waals surface area (Å²) in [5, 5.41) is 37.7. The van der Waals surface area contributed by atoms with Crippen molar-refractivity contribution in [3.05, 3.63) is 41.1 Å². The fraction of sp³-hybridized carbons (Fsp3) is 0.545. The van der Waals surface area contributed by atoms with Crippen molar-refractivity contribution in [2.24, 2.45) is 0 Å². The van der Waals surface area contributed by atoms with E-state index in [0.717, 1.165) is 29.7 Å². The third-order valence-corrected chi connectivity index (χ3v) is 5.14. The van der Waals surface area contributed by atoms with Gasteiger partial charge < -0.3 is 39.0 Å². The van der Waals surface area contributed by atoms with Crippen molar-refractivity contribution in [2.45, 2.75) is 64.0 Å². The van der Waals surface area contributed by atoms with Crippen molar-refractivity contribution in [2.75, 3.05) is 13.7 Å². The summed E-state index contributed by atoms with van der Waals surface area (Å²) in [5.41, 5.74) is 2.46. The Labute approximate surface area is 191 Å². The quantitative estimate of drug-likeness (QED) is 0.416. The molecule has 0 saturated carbocycles. The highest BCUT2D eigenvalue weighted by molar-refractivity contribution is 5.59. The molecular weight excluding hydrogens is 436 g/mol. The number of hydrogen-bond acceptors (Lipinski definition) is 10. The minimum Gasteiger partial charge on any atom is -0.491 e. The largest absolute Gasteiger partial charge is 0.508 e. The van der Waals surface area contributed by atoms with Gasteiger partial charge in [-0.25, -0.2) is 4.79 Å². The van der Waals surface area contributed by atoms with Gasteiger partial charge in [0.1, 0.15) is 36.8 Å². The first kappa shape index (κ1) is 24.8. The van der Waals surface area contributed by atoms with Crippen LogP contribution >= 0.6 is 0 Å². The monoisotopic (exact) mass is 466 g/mol. The zero-order valence-corrected chi connectivity index (χ0v) is 18.9. The number of aliphatic hydroxyl groups is 3. The van der Waals surface area contributed by atoms with Crippen molar-refractivity contribution >= 4 is 6.16 Å². The fourth-order valence-electron chi connectivity index (χ4n) is 3.37. The number of ether oxygens (including phenoxy) is 5. The lowest BCUT2D eigenvalue weighted by Crippen LogP contribution is -2.60. The van der Waals surface area contributed by atoms with Crippen molar-refractivity contribution < 1.29 is 43.8 Å². The van der Waals surface area contributed by atoms with Crippen molar-refractivity contribution in [1.29, 1.82) is 0 Å². The van der Waals surface area contributed by atoms with Crippen LogP contribution in [-0.4, -0.2) is 82.2 Å². The van der Waals surface area contributed by atoms with Gasteiger partial charge in [0, 0.05) is 17.7 Å². The van der Waals surface area contributed by atoms with Gasteiger partial charge in [0.2, 0.25) is 12.2 Å². The Kier molecular flexibility index (Phi) is 8.14. The lowest BCUT2D eigenvalue weighted by atomic mass is 9.99. The lowest BCUT2D eigenvalue weighted by molar-refractivity contribution is -0.278. The van der Waals surface area contributed by atoms with Gasteiger partial charge in [-0.15, -0.1) is 5.10 Å². The first-order chi connectivity index (χ1) is 15.7. The predicted molar refractivity (Wildman–Crippen MR) is 114 cm³/mol. The van der Waals surface area contributed by atoms with Crippen LogP contribution in [0.25, 0.3) is 0 Å². The molecule has 0 amide bonds. The Morgan fingerprint density at radius 3 is 2.48 bits per heavy atom. The van der Waals surface area contributed by atoms with Gasteiger partial charge in [-0.3, -0.25) is 5.10 Å². The van der Waals surface area contributed by atoms with Crippen molar-refractivity contribution in [3.63, 3.8) is 0 Å². The molecule has 0 radical (unpaired) electrons. The molecule has 0 aliphatic carbocycles. The number of hydrogen-bond donors (Lipinski definition) is 4. The second-order valence-electron chi connectivity index (χ2n) is 8.02. The number of nitrogens with zero attached hydrogens (tertiary/aromatic N) is 1. The molecule has 33 heavy (non-hydrogen) atoms. The van der Waals surface area contributed by atoms with Crippen LogP contribution in [0.15, 0.2) is 24.3 Å². The summed E-state index contributed by atoms with van der Waals surface area (Å²) in [4.78, 5) is 11.2. The number of carbonyl (C=O) groups is 1. The van der Waals surface area contributed by atoms with E-state index in [9.17, 15) is 20.1 Å². The topological polar surface area (TPSA) is 153 Å². The molecule has 0 bridgehead atoms. The highest BCUT2D eigenvalue weighted by atomic mass is 16.7. The zero-order chi connectivity index (χ0) is 24.1. The summed E-state index contributed by atoms with van der Waals surface area (Å²) >= 11 is 0. The molecule has 2 heterocycles. The maximum atomic E-state index is 11.2. The van der Waals surface area contributed by atoms with Crippen LogP contribution in [0.4, 0.5) is 4.79 Å². The third kappa shape index (κ3) is 6.14. The molecule has 5 atom stereocenters. The van der Waals surface area contributed by atoms with Gasteiger partial charge in [-0.05, 0) is 38.5 Å². The number of aromatic nitrogens is 2. The number of aryl methyl sites for hydroxylation is 1. The number of methoxy groups -OCH3 is 1. The number of aliphatic hydroxyl groups excluding tert-OH is 3. The maximum absolute atomic E-state index is 11.2. The predicted octanol–water partition coefficient (Wildman–Crippen LogP) is 1.07. The minimum atomic E-state index is -1.59. The van der Waals surface area contributed by atoms with E-state index in [1.807, 2.05) is 45.0 Å². The zero-order valence-electron chi connectivity index (χ0n) is 18.9. The summed E-state index contributed by atoms with van der Waals surface area (Å²) in [6.07, 6.45) is -7.59. The molecule has 1 fully saturated rings. The first-order valence-corrected chi connectivity index (χ1v) is 10.6. The first-order valence-electron chi connectivity index (χ1n) is 10.6. The Hall–Kier alpha value is -2.86. The molecule has 11 heteroatoms. The van der Waals surface area contributed by atoms with Crippen molar-refractivity contribution in [3.8, 4) is 11.6 Å². The molecule has 1 saturated heterocycles. The van der Waals surface area contributed by atoms with E-state index in [2.05, 4.69) is 14.9 Å². The summed E-state index contributed by atoms with van der Waals surface area (Å²) in [7, 11) is 1.14. The van der Waals surface area contributed by atoms with Crippen LogP contribution in [0.2, 0.25) is 0 Å². The van der Waals surface area contributed by atoms with Gasteiger partial charge in [0.05, 0.1) is 13.2 Å². The molecule has 3 rings (SSSR count). The molecule has 1 aliphatic heterocycles. The van der Waals surface area contributed by atoms with Gasteiger partial charge in [0.25, 0.3) is 0 Å². The second kappa shape index (κ2) is 10.8. The molecule has 11 nitrogen and oxygen atoms in total. The lowest BCUT2D eigenvalue weighted by Gasteiger charge is -2.39. The number of benzene rings is 1. The number of nitrogens with one attached hydrogen (secondary N) is 1. The SMILES string of the molecule is COC(=O)OC[C@H]1O[C@@H](Oc2n[nH]c(C)c2Cc2ccc(OC(C)C)cc2)[C@H](O)[C@@H](O)[C@@H]1O. The summed E-state index contributed by atoms with van der Waals surface area (Å²) in [5.74, 6) is 0.941.